The zero-order chi connectivity index (χ0) is 15.0. The van der Waals surface area contributed by atoms with Crippen molar-refractivity contribution in [3.8, 4) is 0 Å². The van der Waals surface area contributed by atoms with Crippen molar-refractivity contribution in [1.82, 2.24) is 0 Å². The van der Waals surface area contributed by atoms with Crippen LogP contribution in [0, 0.1) is 18.2 Å². The minimum absolute atomic E-state index is 0.0211. The standard InChI is InChI=1S/C15H21FN2OS/c1-10-4-11(16)6-12(5-10)18-15(13(17)19)7-14(2,3)8-20-9-15/h4-6,18H,7-9H2,1-3H3,(H2,17,19). The molecule has 5 heteroatoms. The summed E-state index contributed by atoms with van der Waals surface area (Å²) in [5.74, 6) is 0.919. The molecule has 3 nitrogen and oxygen atoms in total. The zero-order valence-electron chi connectivity index (χ0n) is 12.1. The number of carbonyl (C=O) groups is 1. The van der Waals surface area contributed by atoms with Crippen LogP contribution in [0.4, 0.5) is 10.1 Å². The van der Waals surface area contributed by atoms with E-state index in [1.54, 1.807) is 11.8 Å². The number of hydrogen-bond donors (Lipinski definition) is 2. The predicted molar refractivity (Wildman–Crippen MR) is 82.4 cm³/mol. The number of thioether (sulfide) groups is 1. The molecule has 2 rings (SSSR count). The van der Waals surface area contributed by atoms with Crippen LogP contribution < -0.4 is 11.1 Å². The number of carbonyl (C=O) groups excluding carboxylic acids is 1. The van der Waals surface area contributed by atoms with Crippen molar-refractivity contribution < 1.29 is 9.18 Å². The van der Waals surface area contributed by atoms with Crippen molar-refractivity contribution in [3.05, 3.63) is 29.6 Å². The maximum atomic E-state index is 13.5. The Morgan fingerprint density at radius 3 is 2.60 bits per heavy atom. The van der Waals surface area contributed by atoms with Gasteiger partial charge < -0.3 is 11.1 Å². The molecular formula is C15H21FN2OS. The van der Waals surface area contributed by atoms with Crippen molar-refractivity contribution in [2.45, 2.75) is 32.7 Å². The van der Waals surface area contributed by atoms with Gasteiger partial charge in [0, 0.05) is 11.4 Å². The quantitative estimate of drug-likeness (QED) is 0.901. The van der Waals surface area contributed by atoms with E-state index in [-0.39, 0.29) is 17.1 Å². The Kier molecular flexibility index (Phi) is 4.00. The molecule has 1 aliphatic heterocycles. The van der Waals surface area contributed by atoms with Gasteiger partial charge in [0.2, 0.25) is 5.91 Å². The number of anilines is 1. The lowest BCUT2D eigenvalue weighted by molar-refractivity contribution is -0.122. The molecule has 1 aromatic rings. The molecule has 1 aromatic carbocycles. The molecule has 1 fully saturated rings. The van der Waals surface area contributed by atoms with E-state index in [0.717, 1.165) is 11.3 Å². The first-order valence-electron chi connectivity index (χ1n) is 6.66. The van der Waals surface area contributed by atoms with E-state index >= 15 is 0 Å². The van der Waals surface area contributed by atoms with Crippen LogP contribution in [0.1, 0.15) is 25.8 Å². The summed E-state index contributed by atoms with van der Waals surface area (Å²) in [6, 6.07) is 4.70. The first kappa shape index (κ1) is 15.2. The van der Waals surface area contributed by atoms with Crippen LogP contribution in [-0.4, -0.2) is 23.0 Å². The third-order valence-corrected chi connectivity index (χ3v) is 5.20. The van der Waals surface area contributed by atoms with Gasteiger partial charge in [-0.3, -0.25) is 4.79 Å². The first-order valence-corrected chi connectivity index (χ1v) is 7.81. The summed E-state index contributed by atoms with van der Waals surface area (Å²) in [4.78, 5) is 12.0. The molecule has 1 unspecified atom stereocenters. The lowest BCUT2D eigenvalue weighted by Gasteiger charge is -2.43. The Hall–Kier alpha value is -1.23. The Bertz CT molecular complexity index is 512. The van der Waals surface area contributed by atoms with Gasteiger partial charge in [0.25, 0.3) is 0 Å². The number of halogens is 1. The van der Waals surface area contributed by atoms with E-state index in [2.05, 4.69) is 19.2 Å². The van der Waals surface area contributed by atoms with Gasteiger partial charge in [0.05, 0.1) is 0 Å². The Morgan fingerprint density at radius 1 is 1.35 bits per heavy atom. The Morgan fingerprint density at radius 2 is 2.05 bits per heavy atom. The fourth-order valence-corrected chi connectivity index (χ4v) is 4.23. The van der Waals surface area contributed by atoms with Crippen molar-refractivity contribution in [2.24, 2.45) is 11.1 Å². The van der Waals surface area contributed by atoms with Crippen molar-refractivity contribution in [2.75, 3.05) is 16.8 Å². The summed E-state index contributed by atoms with van der Waals surface area (Å²) in [6.07, 6.45) is 0.651. The molecule has 0 aromatic heterocycles. The summed E-state index contributed by atoms with van der Waals surface area (Å²) in [7, 11) is 0. The lowest BCUT2D eigenvalue weighted by Crippen LogP contribution is -2.57. The predicted octanol–water partition coefficient (Wildman–Crippen LogP) is 2.93. The monoisotopic (exact) mass is 296 g/mol. The van der Waals surface area contributed by atoms with Crippen molar-refractivity contribution >= 4 is 23.4 Å². The maximum Gasteiger partial charge on any atom is 0.243 e. The largest absolute Gasteiger partial charge is 0.370 e. The number of amides is 1. The van der Waals surface area contributed by atoms with E-state index in [1.165, 1.54) is 12.1 Å². The normalized spacial score (nSPS) is 25.2. The highest BCUT2D eigenvalue weighted by Gasteiger charge is 2.45. The summed E-state index contributed by atoms with van der Waals surface area (Å²) < 4.78 is 13.5. The van der Waals surface area contributed by atoms with Gasteiger partial charge in [-0.05, 0) is 48.3 Å². The smallest absolute Gasteiger partial charge is 0.243 e. The van der Waals surface area contributed by atoms with E-state index in [0.29, 0.717) is 17.9 Å². The maximum absolute atomic E-state index is 13.5. The number of aryl methyl sites for hydroxylation is 1. The third kappa shape index (κ3) is 3.26. The molecule has 0 aliphatic carbocycles. The number of hydrogen-bond acceptors (Lipinski definition) is 3. The van der Waals surface area contributed by atoms with Gasteiger partial charge >= 0.3 is 0 Å². The van der Waals surface area contributed by atoms with Crippen LogP contribution in [0.25, 0.3) is 0 Å². The lowest BCUT2D eigenvalue weighted by atomic mass is 9.79. The molecule has 1 heterocycles. The van der Waals surface area contributed by atoms with Crippen molar-refractivity contribution in [1.29, 1.82) is 0 Å². The van der Waals surface area contributed by atoms with E-state index in [9.17, 15) is 9.18 Å². The van der Waals surface area contributed by atoms with Crippen LogP contribution in [-0.2, 0) is 4.79 Å². The molecule has 110 valence electrons. The molecule has 20 heavy (non-hydrogen) atoms. The van der Waals surface area contributed by atoms with Crippen LogP contribution in [0.5, 0.6) is 0 Å². The molecule has 1 saturated heterocycles. The minimum atomic E-state index is -0.813. The van der Waals surface area contributed by atoms with Crippen LogP contribution in [0.15, 0.2) is 18.2 Å². The number of nitrogens with one attached hydrogen (secondary N) is 1. The Labute approximate surface area is 123 Å². The second kappa shape index (κ2) is 5.28. The van der Waals surface area contributed by atoms with Gasteiger partial charge in [0.15, 0.2) is 0 Å². The van der Waals surface area contributed by atoms with Crippen LogP contribution in [0.3, 0.4) is 0 Å². The van der Waals surface area contributed by atoms with E-state index in [1.807, 2.05) is 13.0 Å². The summed E-state index contributed by atoms with van der Waals surface area (Å²) in [6.45, 7) is 6.06. The van der Waals surface area contributed by atoms with Crippen LogP contribution in [0.2, 0.25) is 0 Å². The van der Waals surface area contributed by atoms with Gasteiger partial charge in [-0.15, -0.1) is 0 Å². The second-order valence-electron chi connectivity index (χ2n) is 6.42. The van der Waals surface area contributed by atoms with Gasteiger partial charge in [-0.25, -0.2) is 4.39 Å². The summed E-state index contributed by atoms with van der Waals surface area (Å²) in [5, 5.41) is 3.20. The average molecular weight is 296 g/mol. The molecule has 1 atom stereocenters. The third-order valence-electron chi connectivity index (χ3n) is 3.52. The molecule has 0 saturated carbocycles. The highest BCUT2D eigenvalue weighted by Crippen LogP contribution is 2.40. The van der Waals surface area contributed by atoms with Gasteiger partial charge in [-0.1, -0.05) is 13.8 Å². The highest BCUT2D eigenvalue weighted by atomic mass is 32.2. The molecule has 0 spiro atoms. The number of primary amides is 1. The molecule has 0 radical (unpaired) electrons. The number of rotatable bonds is 3. The SMILES string of the molecule is Cc1cc(F)cc(NC2(C(N)=O)CSCC(C)(C)C2)c1. The van der Waals surface area contributed by atoms with E-state index < -0.39 is 5.54 Å². The fraction of sp³-hybridized carbons (Fsp3) is 0.533. The van der Waals surface area contributed by atoms with Gasteiger partial charge in [-0.2, -0.15) is 11.8 Å². The Balaban J connectivity index is 2.32. The van der Waals surface area contributed by atoms with Crippen molar-refractivity contribution in [3.63, 3.8) is 0 Å². The molecule has 1 amide bonds. The number of benzene rings is 1. The number of nitrogens with two attached hydrogens (primary N) is 1. The molecular weight excluding hydrogens is 275 g/mol. The van der Waals surface area contributed by atoms with Crippen LogP contribution >= 0.6 is 11.8 Å². The minimum Gasteiger partial charge on any atom is -0.370 e. The highest BCUT2D eigenvalue weighted by molar-refractivity contribution is 7.99. The van der Waals surface area contributed by atoms with Gasteiger partial charge in [0.1, 0.15) is 11.4 Å². The second-order valence-corrected chi connectivity index (χ2v) is 7.41. The van der Waals surface area contributed by atoms with E-state index in [4.69, 9.17) is 5.73 Å². The zero-order valence-corrected chi connectivity index (χ0v) is 12.9. The molecule has 3 N–H and O–H groups in total. The molecule has 1 aliphatic rings. The average Bonchev–Trinajstić information content (AvgIpc) is 2.25. The topological polar surface area (TPSA) is 55.1 Å². The fourth-order valence-electron chi connectivity index (χ4n) is 2.81. The first-order chi connectivity index (χ1) is 9.22. The summed E-state index contributed by atoms with van der Waals surface area (Å²) in [5.41, 5.74) is 6.27. The summed E-state index contributed by atoms with van der Waals surface area (Å²) >= 11 is 1.71. The molecule has 0 bridgehead atoms.